The first-order valence-electron chi connectivity index (χ1n) is 9.04. The van der Waals surface area contributed by atoms with Gasteiger partial charge in [-0.3, -0.25) is 9.59 Å². The van der Waals surface area contributed by atoms with Crippen LogP contribution < -0.4 is 10.6 Å². The molecular formula is C18H32N2O3. The number of hydrogen-bond acceptors (Lipinski definition) is 3. The van der Waals surface area contributed by atoms with Gasteiger partial charge in [0.25, 0.3) is 0 Å². The molecule has 0 bridgehead atoms. The van der Waals surface area contributed by atoms with E-state index in [1.807, 2.05) is 0 Å². The van der Waals surface area contributed by atoms with Gasteiger partial charge in [0, 0.05) is 38.0 Å². The van der Waals surface area contributed by atoms with E-state index in [4.69, 9.17) is 4.74 Å². The Kier molecular flexibility index (Phi) is 6.45. The molecule has 23 heavy (non-hydrogen) atoms. The van der Waals surface area contributed by atoms with Crippen LogP contribution in [0.3, 0.4) is 0 Å². The highest BCUT2D eigenvalue weighted by Gasteiger charge is 2.35. The quantitative estimate of drug-likeness (QED) is 0.706. The first-order chi connectivity index (χ1) is 10.9. The van der Waals surface area contributed by atoms with Gasteiger partial charge in [0.15, 0.2) is 0 Å². The zero-order chi connectivity index (χ0) is 16.9. The summed E-state index contributed by atoms with van der Waals surface area (Å²) in [6, 6.07) is 0. The van der Waals surface area contributed by atoms with Gasteiger partial charge in [-0.15, -0.1) is 0 Å². The van der Waals surface area contributed by atoms with Crippen LogP contribution in [0.1, 0.15) is 59.3 Å². The third kappa shape index (κ3) is 6.13. The number of carbonyl (C=O) groups excluding carboxylic acids is 2. The lowest BCUT2D eigenvalue weighted by Crippen LogP contribution is -2.45. The van der Waals surface area contributed by atoms with E-state index in [9.17, 15) is 9.59 Å². The van der Waals surface area contributed by atoms with Crippen molar-refractivity contribution in [1.82, 2.24) is 10.6 Å². The van der Waals surface area contributed by atoms with Gasteiger partial charge >= 0.3 is 0 Å². The zero-order valence-corrected chi connectivity index (χ0v) is 14.8. The van der Waals surface area contributed by atoms with Gasteiger partial charge in [-0.25, -0.2) is 0 Å². The number of nitrogens with one attached hydrogen (secondary N) is 2. The Labute approximate surface area is 139 Å². The minimum atomic E-state index is 0.0731. The number of rotatable bonds is 7. The van der Waals surface area contributed by atoms with Crippen LogP contribution in [-0.2, 0) is 14.3 Å². The normalized spacial score (nSPS) is 25.0. The van der Waals surface area contributed by atoms with Gasteiger partial charge in [-0.2, -0.15) is 0 Å². The Bertz CT molecular complexity index is 413. The summed E-state index contributed by atoms with van der Waals surface area (Å²) in [7, 11) is 0. The monoisotopic (exact) mass is 324 g/mol. The van der Waals surface area contributed by atoms with E-state index in [1.54, 1.807) is 0 Å². The highest BCUT2D eigenvalue weighted by molar-refractivity contribution is 5.81. The zero-order valence-electron chi connectivity index (χ0n) is 14.8. The van der Waals surface area contributed by atoms with E-state index in [2.05, 4.69) is 31.4 Å². The molecule has 5 heteroatoms. The van der Waals surface area contributed by atoms with Crippen molar-refractivity contribution in [2.45, 2.75) is 65.4 Å². The molecule has 0 aromatic carbocycles. The van der Waals surface area contributed by atoms with Crippen molar-refractivity contribution in [3.05, 3.63) is 0 Å². The lowest BCUT2D eigenvalue weighted by Gasteiger charge is -2.40. The van der Waals surface area contributed by atoms with E-state index >= 15 is 0 Å². The summed E-state index contributed by atoms with van der Waals surface area (Å²) in [5.74, 6) is 0.855. The van der Waals surface area contributed by atoms with Crippen molar-refractivity contribution in [3.63, 3.8) is 0 Å². The number of amides is 2. The molecule has 2 amide bonds. The summed E-state index contributed by atoms with van der Waals surface area (Å²) in [5.41, 5.74) is 0.100. The van der Waals surface area contributed by atoms with Crippen LogP contribution in [0.25, 0.3) is 0 Å². The second-order valence-electron chi connectivity index (χ2n) is 8.03. The standard InChI is InChI=1S/C18H32N2O3/c1-18(2,3)16-14(6-5-11-23-16)12-20-15(21)7-4-10-19-17(22)13-8-9-13/h13-14,16H,4-12H2,1-3H3,(H,19,22)(H,20,21)/t14-,16+/m0/s1. The third-order valence-corrected chi connectivity index (χ3v) is 4.69. The summed E-state index contributed by atoms with van der Waals surface area (Å²) in [4.78, 5) is 23.5. The minimum absolute atomic E-state index is 0.0731. The lowest BCUT2D eigenvalue weighted by molar-refractivity contribution is -0.124. The summed E-state index contributed by atoms with van der Waals surface area (Å²) in [6.07, 6.45) is 5.59. The van der Waals surface area contributed by atoms with Crippen molar-refractivity contribution in [2.24, 2.45) is 17.3 Å². The molecule has 1 aliphatic carbocycles. The van der Waals surface area contributed by atoms with Crippen LogP contribution in [0, 0.1) is 17.3 Å². The molecule has 1 heterocycles. The van der Waals surface area contributed by atoms with Crippen molar-refractivity contribution in [2.75, 3.05) is 19.7 Å². The second kappa shape index (κ2) is 8.13. The van der Waals surface area contributed by atoms with Gasteiger partial charge in [-0.1, -0.05) is 20.8 Å². The molecule has 0 radical (unpaired) electrons. The minimum Gasteiger partial charge on any atom is -0.377 e. The molecule has 0 aromatic rings. The average Bonchev–Trinajstić information content (AvgIpc) is 3.33. The van der Waals surface area contributed by atoms with Crippen molar-refractivity contribution in [1.29, 1.82) is 0 Å². The molecule has 1 aliphatic heterocycles. The van der Waals surface area contributed by atoms with Gasteiger partial charge in [-0.05, 0) is 37.5 Å². The summed E-state index contributed by atoms with van der Waals surface area (Å²) in [5, 5.41) is 5.94. The van der Waals surface area contributed by atoms with E-state index in [0.29, 0.717) is 31.8 Å². The molecule has 132 valence electrons. The Morgan fingerprint density at radius 1 is 1.13 bits per heavy atom. The van der Waals surface area contributed by atoms with E-state index in [-0.39, 0.29) is 29.3 Å². The smallest absolute Gasteiger partial charge is 0.223 e. The van der Waals surface area contributed by atoms with Crippen LogP contribution in [-0.4, -0.2) is 37.6 Å². The molecule has 1 saturated carbocycles. The Morgan fingerprint density at radius 2 is 1.87 bits per heavy atom. The predicted octanol–water partition coefficient (Wildman–Crippen LogP) is 2.25. The number of ether oxygens (including phenoxy) is 1. The van der Waals surface area contributed by atoms with E-state index in [1.165, 1.54) is 0 Å². The average molecular weight is 324 g/mol. The SMILES string of the molecule is CC(C)(C)[C@@H]1OCCC[C@H]1CNC(=O)CCCNC(=O)C1CC1. The van der Waals surface area contributed by atoms with Crippen LogP contribution in [0.2, 0.25) is 0 Å². The van der Waals surface area contributed by atoms with E-state index in [0.717, 1.165) is 32.3 Å². The maximum Gasteiger partial charge on any atom is 0.223 e. The van der Waals surface area contributed by atoms with Crippen LogP contribution in [0.15, 0.2) is 0 Å². The largest absolute Gasteiger partial charge is 0.377 e. The van der Waals surface area contributed by atoms with Crippen LogP contribution in [0.5, 0.6) is 0 Å². The van der Waals surface area contributed by atoms with Gasteiger partial charge < -0.3 is 15.4 Å². The Hall–Kier alpha value is -1.10. The van der Waals surface area contributed by atoms with Crippen molar-refractivity contribution < 1.29 is 14.3 Å². The molecule has 2 atom stereocenters. The Morgan fingerprint density at radius 3 is 2.52 bits per heavy atom. The highest BCUT2D eigenvalue weighted by atomic mass is 16.5. The van der Waals surface area contributed by atoms with Gasteiger partial charge in [0.2, 0.25) is 11.8 Å². The fraction of sp³-hybridized carbons (Fsp3) is 0.889. The predicted molar refractivity (Wildman–Crippen MR) is 89.9 cm³/mol. The fourth-order valence-corrected chi connectivity index (χ4v) is 3.29. The second-order valence-corrected chi connectivity index (χ2v) is 8.03. The summed E-state index contributed by atoms with van der Waals surface area (Å²) >= 11 is 0. The highest BCUT2D eigenvalue weighted by Crippen LogP contribution is 2.33. The molecule has 0 unspecified atom stereocenters. The molecule has 2 aliphatic rings. The number of hydrogen-bond donors (Lipinski definition) is 2. The molecule has 2 fully saturated rings. The Balaban J connectivity index is 1.61. The summed E-state index contributed by atoms with van der Waals surface area (Å²) in [6.45, 7) is 8.70. The molecule has 5 nitrogen and oxygen atoms in total. The molecule has 2 rings (SSSR count). The maximum atomic E-state index is 12.0. The molecule has 0 aromatic heterocycles. The summed E-state index contributed by atoms with van der Waals surface area (Å²) < 4.78 is 5.94. The van der Waals surface area contributed by atoms with Crippen LogP contribution in [0.4, 0.5) is 0 Å². The van der Waals surface area contributed by atoms with Gasteiger partial charge in [0.05, 0.1) is 6.10 Å². The molecular weight excluding hydrogens is 292 g/mol. The lowest BCUT2D eigenvalue weighted by atomic mass is 9.78. The third-order valence-electron chi connectivity index (χ3n) is 4.69. The number of carbonyl (C=O) groups is 2. The molecule has 2 N–H and O–H groups in total. The molecule has 1 saturated heterocycles. The fourth-order valence-electron chi connectivity index (χ4n) is 3.29. The van der Waals surface area contributed by atoms with Crippen molar-refractivity contribution in [3.8, 4) is 0 Å². The van der Waals surface area contributed by atoms with Gasteiger partial charge in [0.1, 0.15) is 0 Å². The van der Waals surface area contributed by atoms with E-state index < -0.39 is 0 Å². The molecule has 0 spiro atoms. The first kappa shape index (κ1) is 18.2. The topological polar surface area (TPSA) is 67.4 Å². The van der Waals surface area contributed by atoms with Crippen LogP contribution >= 0.6 is 0 Å². The van der Waals surface area contributed by atoms with Crippen molar-refractivity contribution >= 4 is 11.8 Å². The maximum absolute atomic E-state index is 12.0. The first-order valence-corrected chi connectivity index (χ1v) is 9.04.